The first kappa shape index (κ1) is 24.1. The molecule has 3 aromatic carbocycles. The second kappa shape index (κ2) is 11.0. The van der Waals surface area contributed by atoms with Gasteiger partial charge in [-0.2, -0.15) is 0 Å². The van der Waals surface area contributed by atoms with Crippen molar-refractivity contribution in [3.8, 4) is 28.4 Å². The van der Waals surface area contributed by atoms with Crippen LogP contribution in [-0.4, -0.2) is 32.4 Å². The molecule has 0 bridgehead atoms. The molecular formula is C29H27N5O3. The molecule has 0 aliphatic carbocycles. The van der Waals surface area contributed by atoms with E-state index in [1.54, 1.807) is 42.6 Å². The molecule has 0 amide bonds. The molecule has 2 heterocycles. The summed E-state index contributed by atoms with van der Waals surface area (Å²) in [5.41, 5.74) is 3.69. The number of hydrogen-bond donors (Lipinski definition) is 0. The minimum absolute atomic E-state index is 0.340. The third-order valence-corrected chi connectivity index (χ3v) is 6.14. The van der Waals surface area contributed by atoms with Crippen molar-refractivity contribution in [3.63, 3.8) is 0 Å². The summed E-state index contributed by atoms with van der Waals surface area (Å²) in [7, 11) is 0. The number of rotatable bonds is 9. The molecule has 0 spiro atoms. The van der Waals surface area contributed by atoms with Crippen LogP contribution in [0.5, 0.6) is 5.75 Å². The Morgan fingerprint density at radius 2 is 1.68 bits per heavy atom. The Bertz CT molecular complexity index is 1510. The number of para-hydroxylation sites is 2. The number of fused-ring (bicyclic) bond motifs is 1. The quantitative estimate of drug-likeness (QED) is 0.154. The predicted octanol–water partition coefficient (Wildman–Crippen LogP) is 5.44. The molecule has 0 atom stereocenters. The van der Waals surface area contributed by atoms with Gasteiger partial charge in [-0.25, -0.2) is 14.8 Å². The minimum Gasteiger partial charge on any atom is -0.691 e. The van der Waals surface area contributed by atoms with Crippen LogP contribution in [0.1, 0.15) is 43.0 Å². The number of carbonyl (C=O) groups excluding carboxylic acids is 1. The van der Waals surface area contributed by atoms with Crippen molar-refractivity contribution in [2.24, 2.45) is 0 Å². The maximum Gasteiger partial charge on any atom is 0.366 e. The maximum atomic E-state index is 13.0. The smallest absolute Gasteiger partial charge is 0.366 e. The summed E-state index contributed by atoms with van der Waals surface area (Å²) in [6.07, 6.45) is 6.41. The molecule has 0 fully saturated rings. The van der Waals surface area contributed by atoms with E-state index in [0.29, 0.717) is 27.3 Å². The third-order valence-electron chi connectivity index (χ3n) is 6.14. The van der Waals surface area contributed by atoms with E-state index in [-0.39, 0.29) is 5.91 Å². The van der Waals surface area contributed by atoms with Crippen LogP contribution < -0.4 is 9.58 Å². The summed E-state index contributed by atoms with van der Waals surface area (Å²) in [6.45, 7) is 2.92. The van der Waals surface area contributed by atoms with Gasteiger partial charge in [0.05, 0.1) is 17.9 Å². The van der Waals surface area contributed by atoms with Crippen LogP contribution in [0, 0.1) is 5.21 Å². The summed E-state index contributed by atoms with van der Waals surface area (Å²) in [5.74, 6) is 1.06. The zero-order valence-electron chi connectivity index (χ0n) is 20.6. The van der Waals surface area contributed by atoms with Crippen LogP contribution in [-0.2, 0) is 0 Å². The van der Waals surface area contributed by atoms with Crippen LogP contribution >= 0.6 is 0 Å². The average molecular weight is 494 g/mol. The first-order valence-corrected chi connectivity index (χ1v) is 12.4. The monoisotopic (exact) mass is 493 g/mol. The molecule has 0 N–H and O–H groups in total. The van der Waals surface area contributed by atoms with Gasteiger partial charge in [0.1, 0.15) is 11.0 Å². The van der Waals surface area contributed by atoms with Gasteiger partial charge in [0.25, 0.3) is 0 Å². The maximum absolute atomic E-state index is 13.0. The Kier molecular flexibility index (Phi) is 7.16. The van der Waals surface area contributed by atoms with Gasteiger partial charge < -0.3 is 9.94 Å². The molecule has 8 nitrogen and oxygen atoms in total. The fraction of sp³-hybridized carbons (Fsp3) is 0.207. The number of nitrogens with zero attached hydrogens (tertiary/aromatic N) is 5. The van der Waals surface area contributed by atoms with E-state index in [9.17, 15) is 10.0 Å². The fourth-order valence-corrected chi connectivity index (χ4v) is 4.12. The van der Waals surface area contributed by atoms with Gasteiger partial charge in [-0.05, 0) is 61.0 Å². The van der Waals surface area contributed by atoms with Gasteiger partial charge >= 0.3 is 5.91 Å². The van der Waals surface area contributed by atoms with Crippen LogP contribution in [0.2, 0.25) is 0 Å². The molecular weight excluding hydrogens is 466 g/mol. The van der Waals surface area contributed by atoms with Gasteiger partial charge in [0.15, 0.2) is 5.82 Å². The molecule has 0 saturated heterocycles. The highest BCUT2D eigenvalue weighted by atomic mass is 16.5. The molecule has 0 unspecified atom stereocenters. The first-order valence-electron chi connectivity index (χ1n) is 12.4. The van der Waals surface area contributed by atoms with Gasteiger partial charge in [-0.1, -0.05) is 55.1 Å². The number of carbonyl (C=O) groups is 1. The number of unbranched alkanes of at least 4 members (excludes halogenated alkanes) is 3. The Morgan fingerprint density at radius 1 is 0.919 bits per heavy atom. The Morgan fingerprint density at radius 3 is 2.46 bits per heavy atom. The molecule has 5 rings (SSSR count). The van der Waals surface area contributed by atoms with Crippen molar-refractivity contribution in [2.45, 2.75) is 32.6 Å². The Balaban J connectivity index is 1.30. The summed E-state index contributed by atoms with van der Waals surface area (Å²) in [5, 5.41) is 15.9. The van der Waals surface area contributed by atoms with Crippen molar-refractivity contribution in [1.82, 2.24) is 19.9 Å². The highest BCUT2D eigenvalue weighted by molar-refractivity contribution is 5.99. The van der Waals surface area contributed by atoms with E-state index >= 15 is 0 Å². The molecule has 186 valence electrons. The van der Waals surface area contributed by atoms with Crippen LogP contribution in [0.3, 0.4) is 0 Å². The summed E-state index contributed by atoms with van der Waals surface area (Å²) in [6, 6.07) is 23.5. The highest BCUT2D eigenvalue weighted by Crippen LogP contribution is 2.24. The van der Waals surface area contributed by atoms with Gasteiger partial charge in [-0.3, -0.25) is 0 Å². The zero-order chi connectivity index (χ0) is 25.6. The van der Waals surface area contributed by atoms with Crippen molar-refractivity contribution in [2.75, 3.05) is 6.61 Å². The third kappa shape index (κ3) is 5.33. The minimum atomic E-state index is -0.381. The van der Waals surface area contributed by atoms with Crippen molar-refractivity contribution in [3.05, 3.63) is 95.8 Å². The van der Waals surface area contributed by atoms with E-state index in [2.05, 4.69) is 17.1 Å². The largest absolute Gasteiger partial charge is 0.691 e. The standard InChI is InChI=1S/C29H27N5O3/c1-2-3-4-7-20-37-24-16-14-22(15-17-24)28-30-19-18-25(31-28)21-10-12-23(13-11-21)29(35)33-26-8-5-6-9-27(26)34(36)32-33/h5-6,8-19H,2-4,7,20H2,1H3. The van der Waals surface area contributed by atoms with Gasteiger partial charge in [0, 0.05) is 17.3 Å². The number of benzene rings is 3. The second-order valence-corrected chi connectivity index (χ2v) is 8.74. The lowest BCUT2D eigenvalue weighted by Gasteiger charge is -2.08. The normalized spacial score (nSPS) is 11.1. The van der Waals surface area contributed by atoms with Crippen molar-refractivity contribution in [1.29, 1.82) is 0 Å². The van der Waals surface area contributed by atoms with Crippen LogP contribution in [0.25, 0.3) is 33.7 Å². The summed E-state index contributed by atoms with van der Waals surface area (Å²) < 4.78 is 6.95. The summed E-state index contributed by atoms with van der Waals surface area (Å²) in [4.78, 5) is 22.6. The Labute approximate surface area is 214 Å². The lowest BCUT2D eigenvalue weighted by atomic mass is 10.1. The molecule has 0 aliphatic heterocycles. The molecule has 0 saturated carbocycles. The highest BCUT2D eigenvalue weighted by Gasteiger charge is 2.22. The van der Waals surface area contributed by atoms with Crippen LogP contribution in [0.15, 0.2) is 85.1 Å². The zero-order valence-corrected chi connectivity index (χ0v) is 20.6. The lowest BCUT2D eigenvalue weighted by molar-refractivity contribution is -0.645. The first-order chi connectivity index (χ1) is 18.1. The Hall–Kier alpha value is -4.59. The SMILES string of the molecule is CCCCCCOc1ccc(-c2nccc(-c3ccc(C(=O)n4n[n+]([O-])c5ccccc54)cc3)n2)cc1. The lowest BCUT2D eigenvalue weighted by Crippen LogP contribution is -2.31. The molecule has 5 aromatic rings. The fourth-order valence-electron chi connectivity index (χ4n) is 4.12. The van der Waals surface area contributed by atoms with E-state index in [1.165, 1.54) is 19.3 Å². The average Bonchev–Trinajstić information content (AvgIpc) is 3.29. The van der Waals surface area contributed by atoms with E-state index in [1.807, 2.05) is 42.5 Å². The molecule has 0 radical (unpaired) electrons. The molecule has 0 aliphatic rings. The van der Waals surface area contributed by atoms with Gasteiger partial charge in [-0.15, -0.1) is 4.85 Å². The van der Waals surface area contributed by atoms with Crippen LogP contribution in [0.4, 0.5) is 0 Å². The number of ether oxygens (including phenoxy) is 1. The molecule has 2 aromatic heterocycles. The van der Waals surface area contributed by atoms with E-state index in [4.69, 9.17) is 9.72 Å². The topological polar surface area (TPSA) is 96.8 Å². The second-order valence-electron chi connectivity index (χ2n) is 8.74. The number of hydrogen-bond acceptors (Lipinski definition) is 6. The predicted molar refractivity (Wildman–Crippen MR) is 141 cm³/mol. The van der Waals surface area contributed by atoms with Crippen molar-refractivity contribution < 1.29 is 14.4 Å². The van der Waals surface area contributed by atoms with E-state index < -0.39 is 0 Å². The van der Waals surface area contributed by atoms with E-state index in [0.717, 1.165) is 40.3 Å². The molecule has 37 heavy (non-hydrogen) atoms. The van der Waals surface area contributed by atoms with Crippen molar-refractivity contribution >= 4 is 16.9 Å². The molecule has 8 heteroatoms. The summed E-state index contributed by atoms with van der Waals surface area (Å²) >= 11 is 0. The van der Waals surface area contributed by atoms with Gasteiger partial charge in [0.2, 0.25) is 11.0 Å². The number of aromatic nitrogens is 5.